The normalized spacial score (nSPS) is 30.0. The van der Waals surface area contributed by atoms with E-state index in [1.165, 1.54) is 0 Å². The van der Waals surface area contributed by atoms with Crippen LogP contribution in [0.4, 0.5) is 0 Å². The summed E-state index contributed by atoms with van der Waals surface area (Å²) in [5.41, 5.74) is 5.66. The van der Waals surface area contributed by atoms with E-state index in [-0.39, 0.29) is 0 Å². The molecule has 0 spiro atoms. The van der Waals surface area contributed by atoms with E-state index < -0.39 is 12.1 Å². The highest BCUT2D eigenvalue weighted by Crippen LogP contribution is 2.45. The minimum absolute atomic E-state index is 0.328. The third kappa shape index (κ3) is 1.65. The Morgan fingerprint density at radius 3 is 2.79 bits per heavy atom. The quantitative estimate of drug-likeness (QED) is 0.740. The molecule has 0 aromatic carbocycles. The van der Waals surface area contributed by atoms with Gasteiger partial charge in [-0.1, -0.05) is 12.1 Å². The molecule has 4 atom stereocenters. The van der Waals surface area contributed by atoms with Gasteiger partial charge in [-0.25, -0.2) is 0 Å². The molecule has 1 fully saturated rings. The van der Waals surface area contributed by atoms with Crippen molar-refractivity contribution in [3.63, 3.8) is 0 Å². The van der Waals surface area contributed by atoms with E-state index >= 15 is 0 Å². The maximum absolute atomic E-state index is 9.24. The first kappa shape index (κ1) is 9.61. The lowest BCUT2D eigenvalue weighted by Crippen LogP contribution is -2.23. The van der Waals surface area contributed by atoms with Crippen LogP contribution in [-0.4, -0.2) is 21.4 Å². The van der Waals surface area contributed by atoms with Gasteiger partial charge in [0.05, 0.1) is 6.10 Å². The molecular formula is C9H15N3O2. The van der Waals surface area contributed by atoms with Gasteiger partial charge in [-0.15, -0.1) is 0 Å². The lowest BCUT2D eigenvalue weighted by molar-refractivity contribution is 0.146. The van der Waals surface area contributed by atoms with Crippen molar-refractivity contribution in [2.45, 2.75) is 38.3 Å². The first-order chi connectivity index (χ1) is 6.59. The van der Waals surface area contributed by atoms with Gasteiger partial charge in [0.1, 0.15) is 6.04 Å². The van der Waals surface area contributed by atoms with E-state index in [0.717, 1.165) is 12.2 Å². The molecule has 1 saturated carbocycles. The minimum Gasteiger partial charge on any atom is -0.391 e. The van der Waals surface area contributed by atoms with Crippen LogP contribution in [0, 0.1) is 5.92 Å². The van der Waals surface area contributed by atoms with Gasteiger partial charge in [0.2, 0.25) is 5.89 Å². The van der Waals surface area contributed by atoms with Crippen molar-refractivity contribution in [2.75, 3.05) is 0 Å². The van der Waals surface area contributed by atoms with Gasteiger partial charge in [0, 0.05) is 5.92 Å². The molecule has 5 nitrogen and oxygen atoms in total. The third-order valence-corrected chi connectivity index (χ3v) is 2.70. The summed E-state index contributed by atoms with van der Waals surface area (Å²) in [6, 6.07) is -0.578. The fraction of sp³-hybridized carbons (Fsp3) is 0.778. The topological polar surface area (TPSA) is 85.2 Å². The van der Waals surface area contributed by atoms with Crippen LogP contribution < -0.4 is 5.73 Å². The number of hydrogen-bond donors (Lipinski definition) is 2. The Kier molecular flexibility index (Phi) is 2.28. The summed E-state index contributed by atoms with van der Waals surface area (Å²) in [5.74, 6) is 2.12. The molecule has 0 bridgehead atoms. The maximum atomic E-state index is 9.24. The lowest BCUT2D eigenvalue weighted by Gasteiger charge is -2.08. The van der Waals surface area contributed by atoms with Gasteiger partial charge in [-0.2, -0.15) is 4.98 Å². The number of nitrogens with zero attached hydrogens (tertiary/aromatic N) is 2. The molecule has 1 aliphatic carbocycles. The van der Waals surface area contributed by atoms with Gasteiger partial charge in [0.15, 0.2) is 5.82 Å². The van der Waals surface area contributed by atoms with Gasteiger partial charge in [-0.05, 0) is 19.3 Å². The van der Waals surface area contributed by atoms with Crippen molar-refractivity contribution >= 4 is 0 Å². The van der Waals surface area contributed by atoms with E-state index in [1.54, 1.807) is 6.92 Å². The molecule has 0 radical (unpaired) electrons. The lowest BCUT2D eigenvalue weighted by atomic mass is 10.2. The molecule has 0 saturated heterocycles. The van der Waals surface area contributed by atoms with Crippen LogP contribution in [-0.2, 0) is 0 Å². The Hall–Kier alpha value is -0.940. The first-order valence-electron chi connectivity index (χ1n) is 4.86. The molecule has 1 aromatic heterocycles. The minimum atomic E-state index is -0.667. The molecule has 1 heterocycles. The summed E-state index contributed by atoms with van der Waals surface area (Å²) < 4.78 is 4.99. The van der Waals surface area contributed by atoms with Crippen LogP contribution in [0.15, 0.2) is 4.52 Å². The molecule has 3 N–H and O–H groups in total. The molecule has 4 unspecified atom stereocenters. The molecule has 2 rings (SSSR count). The standard InChI is InChI=1S/C9H15N3O2/c1-4-3-6(4)8-11-9(14-12-8)7(10)5(2)13/h4-7,13H,3,10H2,1-2H3. The Labute approximate surface area is 82.3 Å². The van der Waals surface area contributed by atoms with Crippen molar-refractivity contribution in [2.24, 2.45) is 11.7 Å². The molecule has 78 valence electrons. The van der Waals surface area contributed by atoms with Gasteiger partial charge in [0.25, 0.3) is 0 Å². The van der Waals surface area contributed by atoms with Crippen LogP contribution in [0.5, 0.6) is 0 Å². The van der Waals surface area contributed by atoms with Crippen molar-refractivity contribution in [1.29, 1.82) is 0 Å². The van der Waals surface area contributed by atoms with Crippen LogP contribution in [0.2, 0.25) is 0 Å². The van der Waals surface area contributed by atoms with Gasteiger partial charge < -0.3 is 15.4 Å². The second kappa shape index (κ2) is 3.33. The number of aliphatic hydroxyl groups excluding tert-OH is 1. The highest BCUT2D eigenvalue weighted by atomic mass is 16.5. The molecule has 14 heavy (non-hydrogen) atoms. The van der Waals surface area contributed by atoms with Crippen molar-refractivity contribution in [3.8, 4) is 0 Å². The average Bonchev–Trinajstić information content (AvgIpc) is 2.67. The van der Waals surface area contributed by atoms with Gasteiger partial charge in [-0.3, -0.25) is 0 Å². The number of aliphatic hydroxyl groups is 1. The summed E-state index contributed by atoms with van der Waals surface area (Å²) in [5, 5.41) is 13.1. The summed E-state index contributed by atoms with van der Waals surface area (Å²) >= 11 is 0. The Bertz CT molecular complexity index is 324. The van der Waals surface area contributed by atoms with E-state index in [2.05, 4.69) is 17.1 Å². The van der Waals surface area contributed by atoms with Crippen LogP contribution in [0.1, 0.15) is 43.9 Å². The van der Waals surface area contributed by atoms with Crippen molar-refractivity contribution < 1.29 is 9.63 Å². The van der Waals surface area contributed by atoms with Crippen molar-refractivity contribution in [1.82, 2.24) is 10.1 Å². The Balaban J connectivity index is 2.10. The number of hydrogen-bond acceptors (Lipinski definition) is 5. The molecule has 5 heteroatoms. The number of aromatic nitrogens is 2. The van der Waals surface area contributed by atoms with E-state index in [9.17, 15) is 5.11 Å². The van der Waals surface area contributed by atoms with Gasteiger partial charge >= 0.3 is 0 Å². The molecule has 0 amide bonds. The Morgan fingerprint density at radius 1 is 1.64 bits per heavy atom. The van der Waals surface area contributed by atoms with E-state index in [0.29, 0.717) is 17.7 Å². The number of nitrogens with two attached hydrogens (primary N) is 1. The van der Waals surface area contributed by atoms with E-state index in [4.69, 9.17) is 10.3 Å². The summed E-state index contributed by atoms with van der Waals surface area (Å²) in [6.07, 6.45) is 0.447. The number of rotatable bonds is 3. The second-order valence-corrected chi connectivity index (χ2v) is 4.08. The molecule has 1 aliphatic rings. The largest absolute Gasteiger partial charge is 0.391 e. The maximum Gasteiger partial charge on any atom is 0.246 e. The predicted octanol–water partition coefficient (Wildman–Crippen LogP) is 0.574. The van der Waals surface area contributed by atoms with Crippen LogP contribution >= 0.6 is 0 Å². The zero-order chi connectivity index (χ0) is 10.3. The van der Waals surface area contributed by atoms with Crippen molar-refractivity contribution in [3.05, 3.63) is 11.7 Å². The van der Waals surface area contributed by atoms with Crippen LogP contribution in [0.25, 0.3) is 0 Å². The molecule has 0 aliphatic heterocycles. The first-order valence-corrected chi connectivity index (χ1v) is 4.86. The zero-order valence-corrected chi connectivity index (χ0v) is 8.34. The fourth-order valence-electron chi connectivity index (χ4n) is 1.42. The van der Waals surface area contributed by atoms with Crippen LogP contribution in [0.3, 0.4) is 0 Å². The fourth-order valence-corrected chi connectivity index (χ4v) is 1.42. The summed E-state index contributed by atoms with van der Waals surface area (Å²) in [4.78, 5) is 4.18. The third-order valence-electron chi connectivity index (χ3n) is 2.70. The summed E-state index contributed by atoms with van der Waals surface area (Å²) in [6.45, 7) is 3.75. The summed E-state index contributed by atoms with van der Waals surface area (Å²) in [7, 11) is 0. The van der Waals surface area contributed by atoms with E-state index in [1.807, 2.05) is 0 Å². The highest BCUT2D eigenvalue weighted by Gasteiger charge is 2.38. The monoisotopic (exact) mass is 197 g/mol. The second-order valence-electron chi connectivity index (χ2n) is 4.08. The Morgan fingerprint density at radius 2 is 2.29 bits per heavy atom. The molecular weight excluding hydrogens is 182 g/mol. The average molecular weight is 197 g/mol. The highest BCUT2D eigenvalue weighted by molar-refractivity contribution is 5.08. The SMILES string of the molecule is CC(O)C(N)c1nc(C2CC2C)no1. The predicted molar refractivity (Wildman–Crippen MR) is 49.4 cm³/mol. The zero-order valence-electron chi connectivity index (χ0n) is 8.34. The molecule has 1 aromatic rings. The smallest absolute Gasteiger partial charge is 0.246 e.